The molecule has 3 aliphatic rings. The molecule has 0 aliphatic heterocycles. The molecular weight excluding hydrogens is 751 g/mol. The van der Waals surface area contributed by atoms with E-state index in [4.69, 9.17) is 20.8 Å². The van der Waals surface area contributed by atoms with Crippen LogP contribution in [0.1, 0.15) is 103 Å². The van der Waals surface area contributed by atoms with Gasteiger partial charge >= 0.3 is 12.3 Å². The van der Waals surface area contributed by atoms with Gasteiger partial charge in [-0.1, -0.05) is 48.4 Å². The number of halogens is 4. The second-order valence-corrected chi connectivity index (χ2v) is 16.5. The largest absolute Gasteiger partial charge is 0.453 e. The van der Waals surface area contributed by atoms with E-state index >= 15 is 0 Å². The number of fused-ring (bicyclic) bond motifs is 8. The zero-order valence-electron chi connectivity index (χ0n) is 31.3. The standard InChI is InChI=1S/C43H47ClF3NO6S/c1-4-53-40(51)48(21-18-31-8-6-22-55-31)26-42(52)20-17-35-32-13-10-28(23-30(49)12-9-27(2)7-5-19-41(35,42)3)24-33(32)39(50)38-16-15-37(54-38)34-25-29(43(45,46)47)11-14-36(34)44/h6-8,10-11,13-16,22,24-25,30,35,49,52H,4-5,9,12,17-21,23,26H2,1-3H3/t30-,35-,41-,42+/m0/s1. The highest BCUT2D eigenvalue weighted by Gasteiger charge is 2.58. The molecule has 294 valence electrons. The molecule has 2 aromatic heterocycles. The van der Waals surface area contributed by atoms with Crippen LogP contribution in [0.25, 0.3) is 11.3 Å². The molecule has 2 bridgehead atoms. The van der Waals surface area contributed by atoms with Gasteiger partial charge in [0.1, 0.15) is 5.76 Å². The molecule has 0 spiro atoms. The van der Waals surface area contributed by atoms with Crippen LogP contribution >= 0.6 is 22.9 Å². The third kappa shape index (κ3) is 8.90. The number of alkyl halides is 3. The number of ketones is 1. The summed E-state index contributed by atoms with van der Waals surface area (Å²) in [6.45, 7) is 6.42. The Hall–Kier alpha value is -3.90. The molecule has 55 heavy (non-hydrogen) atoms. The first-order valence-corrected chi connectivity index (χ1v) is 20.0. The molecular formula is C43H47ClF3NO6S. The number of nitrogens with zero attached hydrogens (tertiary/aromatic N) is 1. The van der Waals surface area contributed by atoms with E-state index in [1.54, 1.807) is 29.2 Å². The number of furan rings is 1. The van der Waals surface area contributed by atoms with E-state index in [1.165, 1.54) is 12.1 Å². The summed E-state index contributed by atoms with van der Waals surface area (Å²) in [6.07, 6.45) is 0.574. The molecule has 4 aromatic rings. The molecule has 4 atom stereocenters. The van der Waals surface area contributed by atoms with Gasteiger partial charge in [-0.15, -0.1) is 11.3 Å². The van der Waals surface area contributed by atoms with Crippen LogP contribution in [0.15, 0.2) is 82.1 Å². The SMILES string of the molecule is CCOC(=O)N(CCc1cccs1)C[C@]1(O)CC[C@H]2c3ccc(cc3C(=O)c3ccc(-c4cc(C(F)(F)F)ccc4Cl)o3)C[C@@H](O)CCC(C)=CCC[C@@]21C. The molecule has 0 saturated heterocycles. The maximum Gasteiger partial charge on any atom is 0.416 e. The number of carbonyl (C=O) groups is 2. The molecule has 1 fully saturated rings. The van der Waals surface area contributed by atoms with Gasteiger partial charge in [-0.05, 0) is 130 Å². The fraction of sp³-hybridized carbons (Fsp3) is 0.442. The van der Waals surface area contributed by atoms with Crippen LogP contribution < -0.4 is 0 Å². The first-order chi connectivity index (χ1) is 26.1. The van der Waals surface area contributed by atoms with Crippen molar-refractivity contribution in [2.75, 3.05) is 19.7 Å². The van der Waals surface area contributed by atoms with E-state index in [0.717, 1.165) is 34.2 Å². The minimum Gasteiger partial charge on any atom is -0.453 e. The Kier molecular flexibility index (Phi) is 12.4. The average Bonchev–Trinajstić information content (AvgIpc) is 3.90. The van der Waals surface area contributed by atoms with Crippen LogP contribution in [0.2, 0.25) is 5.02 Å². The summed E-state index contributed by atoms with van der Waals surface area (Å²) in [5.41, 5.74) is -0.179. The van der Waals surface area contributed by atoms with Gasteiger partial charge in [-0.3, -0.25) is 4.79 Å². The maximum atomic E-state index is 14.6. The number of carbonyl (C=O) groups excluding carboxylic acids is 2. The molecule has 7 nitrogen and oxygen atoms in total. The minimum absolute atomic E-state index is 0.00380. The fourth-order valence-electron chi connectivity index (χ4n) is 8.29. The third-order valence-electron chi connectivity index (χ3n) is 11.5. The topological polar surface area (TPSA) is 100 Å². The van der Waals surface area contributed by atoms with E-state index < -0.39 is 40.7 Å². The number of hydrogen-bond acceptors (Lipinski definition) is 7. The summed E-state index contributed by atoms with van der Waals surface area (Å²) in [5.74, 6) is -0.885. The summed E-state index contributed by atoms with van der Waals surface area (Å²) >= 11 is 7.92. The molecule has 2 aromatic carbocycles. The van der Waals surface area contributed by atoms with Crippen molar-refractivity contribution in [3.05, 3.63) is 116 Å². The normalized spacial score (nSPS) is 23.2. The van der Waals surface area contributed by atoms with Crippen LogP contribution in [0.4, 0.5) is 18.0 Å². The Morgan fingerprint density at radius 3 is 2.62 bits per heavy atom. The van der Waals surface area contributed by atoms with Crippen LogP contribution in [0.5, 0.6) is 0 Å². The lowest BCUT2D eigenvalue weighted by atomic mass is 9.64. The molecule has 0 radical (unpaired) electrons. The molecule has 1 amide bonds. The van der Waals surface area contributed by atoms with E-state index in [-0.39, 0.29) is 41.2 Å². The number of rotatable bonds is 9. The van der Waals surface area contributed by atoms with E-state index in [2.05, 4.69) is 6.08 Å². The summed E-state index contributed by atoms with van der Waals surface area (Å²) in [4.78, 5) is 30.6. The van der Waals surface area contributed by atoms with Gasteiger partial charge < -0.3 is 24.3 Å². The molecule has 2 N–H and O–H groups in total. The summed E-state index contributed by atoms with van der Waals surface area (Å²) in [5, 5.41) is 25.8. The summed E-state index contributed by atoms with van der Waals surface area (Å²) in [6, 6.07) is 15.3. The van der Waals surface area contributed by atoms with Crippen molar-refractivity contribution in [1.29, 1.82) is 0 Å². The van der Waals surface area contributed by atoms with Crippen molar-refractivity contribution in [1.82, 2.24) is 4.90 Å². The quantitative estimate of drug-likeness (QED) is 0.129. The van der Waals surface area contributed by atoms with Crippen molar-refractivity contribution in [2.24, 2.45) is 5.41 Å². The second-order valence-electron chi connectivity index (χ2n) is 15.1. The molecule has 12 heteroatoms. The van der Waals surface area contributed by atoms with E-state index in [0.29, 0.717) is 69.0 Å². The van der Waals surface area contributed by atoms with Gasteiger partial charge in [0.15, 0.2) is 5.76 Å². The van der Waals surface area contributed by atoms with Gasteiger partial charge in [-0.25, -0.2) is 4.79 Å². The minimum atomic E-state index is -4.60. The fourth-order valence-corrected chi connectivity index (χ4v) is 9.20. The van der Waals surface area contributed by atoms with E-state index in [1.807, 2.05) is 43.5 Å². The summed E-state index contributed by atoms with van der Waals surface area (Å²) < 4.78 is 52.2. The Labute approximate surface area is 328 Å². The van der Waals surface area contributed by atoms with Crippen LogP contribution in [0.3, 0.4) is 0 Å². The molecule has 0 unspecified atom stereocenters. The first-order valence-electron chi connectivity index (χ1n) is 18.8. The number of benzene rings is 2. The maximum absolute atomic E-state index is 14.6. The van der Waals surface area contributed by atoms with Gasteiger partial charge in [0.25, 0.3) is 0 Å². The molecule has 2 heterocycles. The Bertz CT molecular complexity index is 2030. The number of amides is 1. The summed E-state index contributed by atoms with van der Waals surface area (Å²) in [7, 11) is 0. The predicted octanol–water partition coefficient (Wildman–Crippen LogP) is 10.7. The lowest BCUT2D eigenvalue weighted by molar-refractivity contribution is -0.137. The van der Waals surface area contributed by atoms with Crippen molar-refractivity contribution in [2.45, 2.75) is 95.9 Å². The lowest BCUT2D eigenvalue weighted by Gasteiger charge is -2.46. The van der Waals surface area contributed by atoms with Crippen molar-refractivity contribution in [3.63, 3.8) is 0 Å². The van der Waals surface area contributed by atoms with Crippen LogP contribution in [0, 0.1) is 5.41 Å². The first kappa shape index (κ1) is 40.8. The van der Waals surface area contributed by atoms with E-state index in [9.17, 15) is 33.0 Å². The zero-order valence-corrected chi connectivity index (χ0v) is 32.8. The number of ether oxygens (including phenoxy) is 1. The monoisotopic (exact) mass is 797 g/mol. The van der Waals surface area contributed by atoms with Crippen molar-refractivity contribution in [3.8, 4) is 11.3 Å². The van der Waals surface area contributed by atoms with Gasteiger partial charge in [-0.2, -0.15) is 13.2 Å². The molecule has 1 saturated carbocycles. The number of hydrogen-bond donors (Lipinski definition) is 2. The number of thiophene rings is 1. The van der Waals surface area contributed by atoms with Gasteiger partial charge in [0.05, 0.1) is 35.4 Å². The van der Waals surface area contributed by atoms with Crippen molar-refractivity contribution >= 4 is 34.8 Å². The van der Waals surface area contributed by atoms with Crippen LogP contribution in [-0.4, -0.2) is 58.4 Å². The number of aliphatic hydroxyl groups excluding tert-OH is 1. The second kappa shape index (κ2) is 16.7. The lowest BCUT2D eigenvalue weighted by Crippen LogP contribution is -2.54. The predicted molar refractivity (Wildman–Crippen MR) is 208 cm³/mol. The highest BCUT2D eigenvalue weighted by Crippen LogP contribution is 2.59. The number of aliphatic hydroxyl groups is 2. The molecule has 3 aliphatic carbocycles. The Balaban J connectivity index is 1.40. The smallest absolute Gasteiger partial charge is 0.416 e. The third-order valence-corrected chi connectivity index (χ3v) is 12.8. The zero-order chi connectivity index (χ0) is 39.5. The highest BCUT2D eigenvalue weighted by atomic mass is 35.5. The van der Waals surface area contributed by atoms with Gasteiger partial charge in [0.2, 0.25) is 5.78 Å². The highest BCUT2D eigenvalue weighted by molar-refractivity contribution is 7.09. The Morgan fingerprint density at radius 1 is 1.09 bits per heavy atom. The van der Waals surface area contributed by atoms with Crippen LogP contribution in [-0.2, 0) is 23.8 Å². The van der Waals surface area contributed by atoms with Crippen molar-refractivity contribution < 1.29 is 42.1 Å². The van der Waals surface area contributed by atoms with Gasteiger partial charge in [0, 0.05) is 28.0 Å². The Morgan fingerprint density at radius 2 is 1.89 bits per heavy atom. The molecule has 7 rings (SSSR count). The number of allylic oxidation sites excluding steroid dienone is 2. The average molecular weight is 798 g/mol.